The van der Waals surface area contributed by atoms with Crippen LogP contribution < -0.4 is 4.72 Å². The minimum Gasteiger partial charge on any atom is -0.431 e. The number of hydrogen-bond donors (Lipinski definition) is 1. The van der Waals surface area contributed by atoms with Crippen molar-refractivity contribution in [3.05, 3.63) is 12.0 Å². The van der Waals surface area contributed by atoms with Crippen molar-refractivity contribution in [3.63, 3.8) is 0 Å². The van der Waals surface area contributed by atoms with Crippen molar-refractivity contribution in [2.45, 2.75) is 26.0 Å². The summed E-state index contributed by atoms with van der Waals surface area (Å²) in [5.74, 6) is 0. The highest BCUT2D eigenvalue weighted by molar-refractivity contribution is 7.93. The van der Waals surface area contributed by atoms with Gasteiger partial charge in [-0.3, -0.25) is 0 Å². The van der Waals surface area contributed by atoms with E-state index in [1.54, 1.807) is 20.8 Å². The van der Waals surface area contributed by atoms with Gasteiger partial charge in [0, 0.05) is 0 Å². The van der Waals surface area contributed by atoms with Gasteiger partial charge in [-0.25, -0.2) is 13.1 Å². The third-order valence-electron chi connectivity index (χ3n) is 1.47. The fourth-order valence-electron chi connectivity index (χ4n) is 0.640. The molecule has 0 atom stereocenters. The summed E-state index contributed by atoms with van der Waals surface area (Å²) in [5, 5.41) is -0.500. The van der Waals surface area contributed by atoms with Gasteiger partial charge in [-0.1, -0.05) is 0 Å². The number of anilines is 1. The van der Waals surface area contributed by atoms with E-state index in [-0.39, 0.29) is 6.01 Å². The molecule has 1 aromatic rings. The molecule has 0 spiro atoms. The molecule has 0 aromatic carbocycles. The van der Waals surface area contributed by atoms with E-state index < -0.39 is 15.3 Å². The van der Waals surface area contributed by atoms with Crippen LogP contribution in [0, 0.1) is 6.92 Å². The summed E-state index contributed by atoms with van der Waals surface area (Å²) in [4.78, 5) is 3.82. The Morgan fingerprint density at radius 2 is 2.15 bits per heavy atom. The van der Waals surface area contributed by atoms with Crippen molar-refractivity contribution in [1.29, 1.82) is 0 Å². The Bertz CT molecular complexity index is 380. The topological polar surface area (TPSA) is 72.2 Å². The predicted octanol–water partition coefficient (Wildman–Crippen LogP) is 1.13. The van der Waals surface area contributed by atoms with Gasteiger partial charge in [0.05, 0.1) is 10.9 Å². The second-order valence-electron chi connectivity index (χ2n) is 2.99. The van der Waals surface area contributed by atoms with Crippen LogP contribution in [-0.4, -0.2) is 18.7 Å². The molecule has 0 fully saturated rings. The summed E-state index contributed by atoms with van der Waals surface area (Å²) in [6.45, 7) is 4.88. The van der Waals surface area contributed by atoms with Crippen LogP contribution in [0.25, 0.3) is 0 Å². The zero-order valence-corrected chi connectivity index (χ0v) is 8.55. The molecule has 13 heavy (non-hydrogen) atoms. The molecule has 74 valence electrons. The van der Waals surface area contributed by atoms with Crippen LogP contribution in [0.2, 0.25) is 0 Å². The lowest BCUT2D eigenvalue weighted by molar-refractivity contribution is 0.566. The molecule has 0 aliphatic carbocycles. The zero-order valence-electron chi connectivity index (χ0n) is 7.73. The quantitative estimate of drug-likeness (QED) is 0.801. The van der Waals surface area contributed by atoms with Gasteiger partial charge in [-0.2, -0.15) is 4.98 Å². The summed E-state index contributed by atoms with van der Waals surface area (Å²) < 4.78 is 29.7. The molecule has 0 bridgehead atoms. The van der Waals surface area contributed by atoms with Crippen LogP contribution >= 0.6 is 0 Å². The minimum atomic E-state index is -3.34. The highest BCUT2D eigenvalue weighted by Gasteiger charge is 2.17. The molecule has 0 aliphatic rings. The first-order valence-electron chi connectivity index (χ1n) is 3.85. The Hall–Kier alpha value is -1.04. The molecule has 0 radical (unpaired) electrons. The maximum atomic E-state index is 11.3. The molecule has 6 heteroatoms. The smallest absolute Gasteiger partial charge is 0.308 e. The lowest BCUT2D eigenvalue weighted by Gasteiger charge is -2.06. The van der Waals surface area contributed by atoms with Gasteiger partial charge in [-0.05, 0) is 20.8 Å². The average Bonchev–Trinajstić information content (AvgIpc) is 2.34. The molecule has 1 aromatic heterocycles. The Morgan fingerprint density at radius 3 is 2.54 bits per heavy atom. The SMILES string of the molecule is Cc1coc(NS(=O)(=O)C(C)C)n1. The fourth-order valence-corrected chi connectivity index (χ4v) is 1.21. The third-order valence-corrected chi connectivity index (χ3v) is 3.17. The Morgan fingerprint density at radius 1 is 1.54 bits per heavy atom. The van der Waals surface area contributed by atoms with Crippen molar-refractivity contribution in [3.8, 4) is 0 Å². The third kappa shape index (κ3) is 2.45. The molecule has 0 unspecified atom stereocenters. The molecule has 1 N–H and O–H groups in total. The van der Waals surface area contributed by atoms with Crippen molar-refractivity contribution < 1.29 is 12.8 Å². The number of aromatic nitrogens is 1. The maximum Gasteiger partial charge on any atom is 0.308 e. The molecule has 0 amide bonds. The van der Waals surface area contributed by atoms with E-state index in [9.17, 15) is 8.42 Å². The van der Waals surface area contributed by atoms with E-state index in [2.05, 4.69) is 9.71 Å². The van der Waals surface area contributed by atoms with Crippen LogP contribution in [0.15, 0.2) is 10.7 Å². The number of aryl methyl sites for hydroxylation is 1. The van der Waals surface area contributed by atoms with Crippen LogP contribution in [-0.2, 0) is 10.0 Å². The van der Waals surface area contributed by atoms with Gasteiger partial charge in [0.1, 0.15) is 6.26 Å². The first kappa shape index (κ1) is 10.0. The van der Waals surface area contributed by atoms with Crippen molar-refractivity contribution in [2.75, 3.05) is 4.72 Å². The first-order valence-corrected chi connectivity index (χ1v) is 5.40. The highest BCUT2D eigenvalue weighted by Crippen LogP contribution is 2.10. The lowest BCUT2D eigenvalue weighted by atomic mass is 10.6. The molecule has 5 nitrogen and oxygen atoms in total. The van der Waals surface area contributed by atoms with E-state index in [1.165, 1.54) is 6.26 Å². The van der Waals surface area contributed by atoms with E-state index in [1.807, 2.05) is 0 Å². The van der Waals surface area contributed by atoms with Gasteiger partial charge in [0.25, 0.3) is 0 Å². The molecule has 1 heterocycles. The molecule has 0 aliphatic heterocycles. The first-order chi connectivity index (χ1) is 5.92. The molecule has 0 saturated heterocycles. The standard InChI is InChI=1S/C7H12N2O3S/c1-5(2)13(10,11)9-7-8-6(3)4-12-7/h4-5H,1-3H3,(H,8,9). The normalized spacial score (nSPS) is 12.0. The Kier molecular flexibility index (Phi) is 2.60. The summed E-state index contributed by atoms with van der Waals surface area (Å²) in [7, 11) is -3.34. The van der Waals surface area contributed by atoms with E-state index in [0.29, 0.717) is 5.69 Å². The highest BCUT2D eigenvalue weighted by atomic mass is 32.2. The Balaban J connectivity index is 2.81. The predicted molar refractivity (Wildman–Crippen MR) is 48.9 cm³/mol. The van der Waals surface area contributed by atoms with Crippen LogP contribution in [0.4, 0.5) is 6.01 Å². The van der Waals surface area contributed by atoms with Gasteiger partial charge >= 0.3 is 6.01 Å². The summed E-state index contributed by atoms with van der Waals surface area (Å²) in [5.41, 5.74) is 0.640. The van der Waals surface area contributed by atoms with Gasteiger partial charge in [-0.15, -0.1) is 0 Å². The van der Waals surface area contributed by atoms with Crippen LogP contribution in [0.3, 0.4) is 0 Å². The number of sulfonamides is 1. The number of oxazole rings is 1. The fraction of sp³-hybridized carbons (Fsp3) is 0.571. The number of nitrogens with one attached hydrogen (secondary N) is 1. The average molecular weight is 204 g/mol. The number of hydrogen-bond acceptors (Lipinski definition) is 4. The van der Waals surface area contributed by atoms with Gasteiger partial charge in [0.2, 0.25) is 10.0 Å². The summed E-state index contributed by atoms with van der Waals surface area (Å²) in [6, 6.07) is 0.0196. The van der Waals surface area contributed by atoms with Crippen molar-refractivity contribution >= 4 is 16.0 Å². The van der Waals surface area contributed by atoms with E-state index in [4.69, 9.17) is 4.42 Å². The molecular formula is C7H12N2O3S. The minimum absolute atomic E-state index is 0.0196. The van der Waals surface area contributed by atoms with Crippen LogP contribution in [0.5, 0.6) is 0 Å². The Labute approximate surface area is 77.2 Å². The van der Waals surface area contributed by atoms with Crippen LogP contribution in [0.1, 0.15) is 19.5 Å². The van der Waals surface area contributed by atoms with Gasteiger partial charge in [0.15, 0.2) is 0 Å². The van der Waals surface area contributed by atoms with E-state index in [0.717, 1.165) is 0 Å². The molecular weight excluding hydrogens is 192 g/mol. The largest absolute Gasteiger partial charge is 0.431 e. The zero-order chi connectivity index (χ0) is 10.1. The number of rotatable bonds is 3. The van der Waals surface area contributed by atoms with Crippen molar-refractivity contribution in [1.82, 2.24) is 4.98 Å². The number of nitrogens with zero attached hydrogens (tertiary/aromatic N) is 1. The van der Waals surface area contributed by atoms with Gasteiger partial charge < -0.3 is 4.42 Å². The lowest BCUT2D eigenvalue weighted by Crippen LogP contribution is -2.22. The maximum absolute atomic E-state index is 11.3. The summed E-state index contributed by atoms with van der Waals surface area (Å²) >= 11 is 0. The second kappa shape index (κ2) is 3.37. The summed E-state index contributed by atoms with van der Waals surface area (Å²) in [6.07, 6.45) is 1.39. The van der Waals surface area contributed by atoms with Crippen molar-refractivity contribution in [2.24, 2.45) is 0 Å². The molecule has 1 rings (SSSR count). The monoisotopic (exact) mass is 204 g/mol. The molecule has 0 saturated carbocycles. The van der Waals surface area contributed by atoms with E-state index >= 15 is 0 Å². The second-order valence-corrected chi connectivity index (χ2v) is 5.23.